The predicted molar refractivity (Wildman–Crippen MR) is 70.8 cm³/mol. The topological polar surface area (TPSA) is 31.4 Å². The first-order valence-corrected chi connectivity index (χ1v) is 6.93. The van der Waals surface area contributed by atoms with E-state index in [4.69, 9.17) is 9.47 Å². The molecule has 0 amide bonds. The number of pyridine rings is 1. The monoisotopic (exact) mass is 317 g/mol. The first-order chi connectivity index (χ1) is 8.72. The largest absolute Gasteiger partial charge is 0.478 e. The van der Waals surface area contributed by atoms with Gasteiger partial charge in [-0.25, -0.2) is 4.98 Å². The minimum atomic E-state index is -0.360. The number of nitrogens with zero attached hydrogens (tertiary/aromatic N) is 1. The third kappa shape index (κ3) is 2.67. The predicted octanol–water partition coefficient (Wildman–Crippen LogP) is 3.26. The molecule has 5 heteroatoms. The maximum absolute atomic E-state index is 12.9. The molecule has 0 radical (unpaired) electrons. The van der Waals surface area contributed by atoms with Crippen molar-refractivity contribution in [1.82, 2.24) is 4.98 Å². The number of ether oxygens (including phenoxy) is 2. The molecule has 1 aromatic heterocycles. The van der Waals surface area contributed by atoms with E-state index in [1.165, 1.54) is 0 Å². The first-order valence-electron chi connectivity index (χ1n) is 6.14. The summed E-state index contributed by atoms with van der Waals surface area (Å²) in [7, 11) is 0. The summed E-state index contributed by atoms with van der Waals surface area (Å²) >= 11 is 3.42. The van der Waals surface area contributed by atoms with Crippen LogP contribution in [0.4, 0.5) is 4.39 Å². The van der Waals surface area contributed by atoms with Crippen LogP contribution in [-0.4, -0.2) is 31.5 Å². The van der Waals surface area contributed by atoms with Crippen LogP contribution in [0.1, 0.15) is 25.3 Å². The van der Waals surface area contributed by atoms with Gasteiger partial charge in [0, 0.05) is 28.3 Å². The minimum Gasteiger partial charge on any atom is -0.478 e. The molecule has 0 aliphatic carbocycles. The van der Waals surface area contributed by atoms with Gasteiger partial charge in [-0.1, -0.05) is 0 Å². The van der Waals surface area contributed by atoms with Crippen LogP contribution in [0.2, 0.25) is 0 Å². The Morgan fingerprint density at radius 2 is 2.44 bits per heavy atom. The van der Waals surface area contributed by atoms with Crippen molar-refractivity contribution in [1.29, 1.82) is 0 Å². The average molecular weight is 318 g/mol. The van der Waals surface area contributed by atoms with Gasteiger partial charge in [-0.3, -0.25) is 4.39 Å². The van der Waals surface area contributed by atoms with Crippen LogP contribution in [0.5, 0.6) is 5.88 Å². The highest BCUT2D eigenvalue weighted by Crippen LogP contribution is 2.41. The molecule has 0 bridgehead atoms. The normalized spacial score (nSPS) is 23.3. The summed E-state index contributed by atoms with van der Waals surface area (Å²) in [5.41, 5.74) is 0.657. The van der Waals surface area contributed by atoms with Gasteiger partial charge >= 0.3 is 0 Å². The van der Waals surface area contributed by atoms with Gasteiger partial charge in [-0.05, 0) is 41.8 Å². The molecule has 0 saturated carbocycles. The van der Waals surface area contributed by atoms with Crippen LogP contribution in [0, 0.1) is 0 Å². The molecule has 0 aromatic carbocycles. The van der Waals surface area contributed by atoms with Crippen molar-refractivity contribution >= 4 is 15.9 Å². The van der Waals surface area contributed by atoms with E-state index in [2.05, 4.69) is 20.9 Å². The summed E-state index contributed by atoms with van der Waals surface area (Å²) in [6.45, 7) is 3.31. The lowest BCUT2D eigenvalue weighted by Gasteiger charge is -2.28. The molecule has 3 nitrogen and oxygen atoms in total. The quantitative estimate of drug-likeness (QED) is 0.835. The first kappa shape index (κ1) is 13.7. The van der Waals surface area contributed by atoms with Gasteiger partial charge in [-0.2, -0.15) is 0 Å². The number of halogens is 2. The van der Waals surface area contributed by atoms with Crippen LogP contribution in [0.25, 0.3) is 0 Å². The van der Waals surface area contributed by atoms with Crippen molar-refractivity contribution in [3.05, 3.63) is 22.3 Å². The van der Waals surface area contributed by atoms with Gasteiger partial charge in [0.1, 0.15) is 0 Å². The molecular formula is C13H17BrFNO2. The van der Waals surface area contributed by atoms with Crippen molar-refractivity contribution in [2.24, 2.45) is 0 Å². The Labute approximate surface area is 115 Å². The summed E-state index contributed by atoms with van der Waals surface area (Å²) in [6.07, 6.45) is 2.97. The van der Waals surface area contributed by atoms with Crippen molar-refractivity contribution in [3.8, 4) is 5.88 Å². The Kier molecular flexibility index (Phi) is 4.56. The van der Waals surface area contributed by atoms with E-state index in [-0.39, 0.29) is 12.1 Å². The molecule has 1 atom stereocenters. The molecule has 1 aromatic rings. The number of hydrogen-bond acceptors (Lipinski definition) is 3. The Morgan fingerprint density at radius 3 is 3.06 bits per heavy atom. The summed E-state index contributed by atoms with van der Waals surface area (Å²) in [4.78, 5) is 4.29. The zero-order valence-electron chi connectivity index (χ0n) is 10.4. The number of hydrogen-bond donors (Lipinski definition) is 0. The summed E-state index contributed by atoms with van der Waals surface area (Å²) in [5.74, 6) is 0.597. The van der Waals surface area contributed by atoms with Crippen molar-refractivity contribution in [2.45, 2.75) is 25.2 Å². The fourth-order valence-electron chi connectivity index (χ4n) is 2.39. The molecule has 1 saturated heterocycles. The molecule has 1 unspecified atom stereocenters. The third-order valence-corrected chi connectivity index (χ3v) is 3.78. The van der Waals surface area contributed by atoms with Crippen LogP contribution in [0.3, 0.4) is 0 Å². The second-order valence-electron chi connectivity index (χ2n) is 4.46. The van der Waals surface area contributed by atoms with E-state index >= 15 is 0 Å². The second kappa shape index (κ2) is 5.97. The van der Waals surface area contributed by atoms with Gasteiger partial charge in [-0.15, -0.1) is 0 Å². The molecular weight excluding hydrogens is 301 g/mol. The van der Waals surface area contributed by atoms with Gasteiger partial charge < -0.3 is 9.47 Å². The molecule has 0 spiro atoms. The lowest BCUT2D eigenvalue weighted by Crippen LogP contribution is -2.28. The maximum atomic E-state index is 12.9. The lowest BCUT2D eigenvalue weighted by molar-refractivity contribution is 0.169. The van der Waals surface area contributed by atoms with Crippen LogP contribution < -0.4 is 4.74 Å². The third-order valence-electron chi connectivity index (χ3n) is 3.35. The highest BCUT2D eigenvalue weighted by molar-refractivity contribution is 9.10. The Hall–Kier alpha value is -0.680. The molecule has 1 aliphatic heterocycles. The Balaban J connectivity index is 2.42. The zero-order chi connectivity index (χ0) is 13.0. The number of alkyl halides is 1. The maximum Gasteiger partial charge on any atom is 0.217 e. The van der Waals surface area contributed by atoms with Crippen LogP contribution >= 0.6 is 15.9 Å². The number of aromatic nitrogens is 1. The summed E-state index contributed by atoms with van der Waals surface area (Å²) < 4.78 is 24.8. The van der Waals surface area contributed by atoms with Gasteiger partial charge in [0.25, 0.3) is 0 Å². The average Bonchev–Trinajstić information content (AvgIpc) is 2.82. The van der Waals surface area contributed by atoms with E-state index in [0.717, 1.165) is 16.5 Å². The zero-order valence-corrected chi connectivity index (χ0v) is 12.0. The van der Waals surface area contributed by atoms with E-state index in [0.29, 0.717) is 32.1 Å². The molecule has 100 valence electrons. The smallest absolute Gasteiger partial charge is 0.217 e. The lowest BCUT2D eigenvalue weighted by atomic mass is 9.78. The molecule has 1 fully saturated rings. The van der Waals surface area contributed by atoms with Gasteiger partial charge in [0.2, 0.25) is 5.88 Å². The Bertz CT molecular complexity index is 408. The minimum absolute atomic E-state index is 0.296. The van der Waals surface area contributed by atoms with Crippen LogP contribution in [0.15, 0.2) is 16.7 Å². The van der Waals surface area contributed by atoms with Crippen LogP contribution in [-0.2, 0) is 10.2 Å². The second-order valence-corrected chi connectivity index (χ2v) is 5.38. The van der Waals surface area contributed by atoms with Gasteiger partial charge in [0.05, 0.1) is 19.9 Å². The molecule has 2 heterocycles. The van der Waals surface area contributed by atoms with E-state index < -0.39 is 0 Å². The number of rotatable bonds is 5. The molecule has 2 rings (SSSR count). The van der Waals surface area contributed by atoms with Crippen molar-refractivity contribution in [2.75, 3.05) is 26.5 Å². The summed E-state index contributed by atoms with van der Waals surface area (Å²) in [6, 6.07) is 1.97. The van der Waals surface area contributed by atoms with E-state index in [1.807, 2.05) is 13.0 Å². The van der Waals surface area contributed by atoms with E-state index in [9.17, 15) is 4.39 Å². The Morgan fingerprint density at radius 1 is 1.61 bits per heavy atom. The molecule has 1 aliphatic rings. The van der Waals surface area contributed by atoms with E-state index in [1.54, 1.807) is 6.20 Å². The van der Waals surface area contributed by atoms with Gasteiger partial charge in [0.15, 0.2) is 0 Å². The summed E-state index contributed by atoms with van der Waals surface area (Å²) in [5, 5.41) is 0. The highest BCUT2D eigenvalue weighted by atomic mass is 79.9. The van der Waals surface area contributed by atoms with Crippen molar-refractivity contribution in [3.63, 3.8) is 0 Å². The standard InChI is InChI=1S/C13H17BrFNO2/c1-2-18-12-11(7-10(14)8-16-12)13(3-5-15)4-6-17-9-13/h7-8H,2-6,9H2,1H3. The fraction of sp³-hybridized carbons (Fsp3) is 0.615. The fourth-order valence-corrected chi connectivity index (χ4v) is 2.72. The van der Waals surface area contributed by atoms with Crippen molar-refractivity contribution < 1.29 is 13.9 Å². The highest BCUT2D eigenvalue weighted by Gasteiger charge is 2.39. The molecule has 0 N–H and O–H groups in total. The molecule has 18 heavy (non-hydrogen) atoms. The SMILES string of the molecule is CCOc1ncc(Br)cc1C1(CCF)CCOC1.